The number of carbonyl (C=O) groups is 1. The fraction of sp³-hybridized carbons (Fsp3) is 0.588. The van der Waals surface area contributed by atoms with E-state index in [-0.39, 0.29) is 11.7 Å². The highest BCUT2D eigenvalue weighted by atomic mass is 35.5. The maximum absolute atomic E-state index is 12.4. The largest absolute Gasteiger partial charge is 0.508 e. The van der Waals surface area contributed by atoms with Crippen molar-refractivity contribution in [2.75, 3.05) is 32.9 Å². The van der Waals surface area contributed by atoms with Crippen LogP contribution in [-0.2, 0) is 20.7 Å². The van der Waals surface area contributed by atoms with E-state index < -0.39 is 6.10 Å². The van der Waals surface area contributed by atoms with Gasteiger partial charge in [0.25, 0.3) is 5.91 Å². The van der Waals surface area contributed by atoms with Crippen LogP contribution in [0.2, 0.25) is 10.0 Å². The van der Waals surface area contributed by atoms with Crippen molar-refractivity contribution in [3.63, 3.8) is 0 Å². The lowest BCUT2D eigenvalue weighted by molar-refractivity contribution is -0.159. The number of phenols is 1. The van der Waals surface area contributed by atoms with Crippen LogP contribution in [0.25, 0.3) is 0 Å². The van der Waals surface area contributed by atoms with Gasteiger partial charge in [-0.05, 0) is 36.8 Å². The number of amides is 1. The van der Waals surface area contributed by atoms with Crippen LogP contribution >= 0.6 is 23.2 Å². The van der Waals surface area contributed by atoms with Gasteiger partial charge < -0.3 is 19.5 Å². The molecule has 2 fully saturated rings. The van der Waals surface area contributed by atoms with Crippen LogP contribution in [0, 0.1) is 5.92 Å². The third kappa shape index (κ3) is 4.14. The fourth-order valence-electron chi connectivity index (χ4n) is 3.24. The number of hydrogen-bond donors (Lipinski definition) is 1. The number of phenolic OH excluding ortho intramolecular Hbond substituents is 1. The van der Waals surface area contributed by atoms with Crippen molar-refractivity contribution in [3.05, 3.63) is 27.7 Å². The van der Waals surface area contributed by atoms with Crippen molar-refractivity contribution in [1.82, 2.24) is 4.90 Å². The lowest BCUT2D eigenvalue weighted by Gasteiger charge is -2.35. The van der Waals surface area contributed by atoms with E-state index in [0.717, 1.165) is 24.8 Å². The summed E-state index contributed by atoms with van der Waals surface area (Å²) in [6.45, 7) is 2.77. The second-order valence-corrected chi connectivity index (χ2v) is 7.12. The molecule has 2 aliphatic rings. The molecule has 0 unspecified atom stereocenters. The number of piperidine rings is 1. The summed E-state index contributed by atoms with van der Waals surface area (Å²) in [6, 6.07) is 3.21. The van der Waals surface area contributed by atoms with Crippen molar-refractivity contribution in [2.24, 2.45) is 5.92 Å². The number of likely N-dealkylation sites (tertiary alicyclic amines) is 1. The van der Waals surface area contributed by atoms with Crippen LogP contribution in [0.1, 0.15) is 18.4 Å². The Morgan fingerprint density at radius 3 is 2.58 bits per heavy atom. The average Bonchev–Trinajstić information content (AvgIpc) is 2.60. The van der Waals surface area contributed by atoms with Gasteiger partial charge in [0, 0.05) is 19.2 Å². The average molecular weight is 374 g/mol. The Morgan fingerprint density at radius 1 is 1.21 bits per heavy atom. The minimum absolute atomic E-state index is 0.0190. The molecule has 24 heavy (non-hydrogen) atoms. The second-order valence-electron chi connectivity index (χ2n) is 6.30. The van der Waals surface area contributed by atoms with Crippen molar-refractivity contribution < 1.29 is 19.4 Å². The minimum Gasteiger partial charge on any atom is -0.508 e. The molecule has 2 saturated heterocycles. The first-order chi connectivity index (χ1) is 11.5. The van der Waals surface area contributed by atoms with Gasteiger partial charge in [0.05, 0.1) is 29.9 Å². The number of rotatable bonds is 3. The van der Waals surface area contributed by atoms with Gasteiger partial charge in [-0.1, -0.05) is 23.2 Å². The van der Waals surface area contributed by atoms with Crippen LogP contribution < -0.4 is 0 Å². The number of aromatic hydroxyl groups is 1. The maximum Gasteiger partial charge on any atom is 0.254 e. The van der Waals surface area contributed by atoms with Gasteiger partial charge in [0.15, 0.2) is 6.10 Å². The van der Waals surface area contributed by atoms with Gasteiger partial charge in [-0.2, -0.15) is 0 Å². The van der Waals surface area contributed by atoms with E-state index in [2.05, 4.69) is 0 Å². The molecule has 1 N–H and O–H groups in total. The third-order valence-corrected chi connectivity index (χ3v) is 5.37. The minimum atomic E-state index is -0.464. The van der Waals surface area contributed by atoms with E-state index >= 15 is 0 Å². The molecule has 0 saturated carbocycles. The highest BCUT2D eigenvalue weighted by Gasteiger charge is 2.30. The second kappa shape index (κ2) is 7.91. The molecular weight excluding hydrogens is 353 g/mol. The number of ether oxygens (including phenoxy) is 2. The molecule has 1 amide bonds. The molecule has 7 heteroatoms. The molecule has 0 aliphatic carbocycles. The van der Waals surface area contributed by atoms with Crippen molar-refractivity contribution in [3.8, 4) is 5.75 Å². The zero-order valence-electron chi connectivity index (χ0n) is 13.3. The summed E-state index contributed by atoms with van der Waals surface area (Å²) in [5, 5.41) is 10.8. The molecule has 3 rings (SSSR count). The van der Waals surface area contributed by atoms with Crippen molar-refractivity contribution in [1.29, 1.82) is 0 Å². The smallest absolute Gasteiger partial charge is 0.254 e. The predicted octanol–water partition coefficient (Wildman–Crippen LogP) is 2.90. The molecule has 1 aromatic rings. The van der Waals surface area contributed by atoms with Crippen molar-refractivity contribution >= 4 is 29.1 Å². The lowest BCUT2D eigenvalue weighted by atomic mass is 9.89. The van der Waals surface area contributed by atoms with Gasteiger partial charge in [0.1, 0.15) is 5.75 Å². The number of carbonyl (C=O) groups excluding carboxylic acids is 1. The van der Waals surface area contributed by atoms with Gasteiger partial charge in [0.2, 0.25) is 0 Å². The highest BCUT2D eigenvalue weighted by molar-refractivity contribution is 6.42. The highest BCUT2D eigenvalue weighted by Crippen LogP contribution is 2.33. The van der Waals surface area contributed by atoms with Gasteiger partial charge in [-0.15, -0.1) is 0 Å². The number of halogens is 2. The van der Waals surface area contributed by atoms with E-state index in [1.165, 1.54) is 6.07 Å². The van der Waals surface area contributed by atoms with Crippen LogP contribution in [0.4, 0.5) is 0 Å². The van der Waals surface area contributed by atoms with Crippen LogP contribution in [-0.4, -0.2) is 54.9 Å². The molecule has 5 nitrogen and oxygen atoms in total. The first-order valence-corrected chi connectivity index (χ1v) is 8.95. The molecule has 2 aliphatic heterocycles. The van der Waals surface area contributed by atoms with Gasteiger partial charge >= 0.3 is 0 Å². The van der Waals surface area contributed by atoms with E-state index in [9.17, 15) is 9.90 Å². The summed E-state index contributed by atoms with van der Waals surface area (Å²) in [7, 11) is 0. The third-order valence-electron chi connectivity index (χ3n) is 4.65. The fourth-order valence-corrected chi connectivity index (χ4v) is 3.59. The predicted molar refractivity (Wildman–Crippen MR) is 91.7 cm³/mol. The Balaban J connectivity index is 1.53. The molecule has 2 heterocycles. The summed E-state index contributed by atoms with van der Waals surface area (Å²) < 4.78 is 10.8. The Morgan fingerprint density at radius 2 is 1.92 bits per heavy atom. The first kappa shape index (κ1) is 17.8. The van der Waals surface area contributed by atoms with Gasteiger partial charge in [-0.3, -0.25) is 4.79 Å². The molecule has 0 radical (unpaired) electrons. The van der Waals surface area contributed by atoms with Crippen LogP contribution in [0.3, 0.4) is 0 Å². The van der Waals surface area contributed by atoms with Gasteiger partial charge in [-0.25, -0.2) is 0 Å². The summed E-state index contributed by atoms with van der Waals surface area (Å²) in [5.41, 5.74) is 0.804. The number of benzene rings is 1. The van der Waals surface area contributed by atoms with Crippen molar-refractivity contribution in [2.45, 2.75) is 25.4 Å². The summed E-state index contributed by atoms with van der Waals surface area (Å²) in [4.78, 5) is 14.3. The molecule has 1 aromatic carbocycles. The van der Waals surface area contributed by atoms with E-state index in [1.54, 1.807) is 6.07 Å². The molecule has 132 valence electrons. The topological polar surface area (TPSA) is 59.0 Å². The Bertz CT molecular complexity index is 596. The number of hydrogen-bond acceptors (Lipinski definition) is 4. The standard InChI is InChI=1S/C17H21Cl2NO4/c18-13-8-12(15(21)9-14(13)19)7-11-1-3-20(4-2-11)17(22)16-10-23-5-6-24-16/h8-9,11,16,21H,1-7,10H2/t16-/m1/s1. The first-order valence-electron chi connectivity index (χ1n) is 8.19. The van der Waals surface area contributed by atoms with Crippen LogP contribution in [0.15, 0.2) is 12.1 Å². The Kier molecular flexibility index (Phi) is 5.87. The number of nitrogens with zero attached hydrogens (tertiary/aromatic N) is 1. The molecule has 0 bridgehead atoms. The van der Waals surface area contributed by atoms with E-state index in [1.807, 2.05) is 4.90 Å². The summed E-state index contributed by atoms with van der Waals surface area (Å²) in [6.07, 6.45) is 2.04. The SMILES string of the molecule is O=C([C@H]1COCCO1)N1CCC(Cc2cc(Cl)c(Cl)cc2O)CC1. The van der Waals surface area contributed by atoms with Crippen LogP contribution in [0.5, 0.6) is 5.75 Å². The molecule has 1 atom stereocenters. The monoisotopic (exact) mass is 373 g/mol. The Labute approximate surface area is 151 Å². The normalized spacial score (nSPS) is 22.6. The quantitative estimate of drug-likeness (QED) is 0.884. The zero-order valence-corrected chi connectivity index (χ0v) is 14.9. The molecule has 0 spiro atoms. The summed E-state index contributed by atoms with van der Waals surface area (Å²) >= 11 is 11.9. The molecular formula is C17H21Cl2NO4. The van der Waals surface area contributed by atoms with E-state index in [0.29, 0.717) is 48.9 Å². The lowest BCUT2D eigenvalue weighted by Crippen LogP contribution is -2.48. The zero-order chi connectivity index (χ0) is 17.1. The van der Waals surface area contributed by atoms with E-state index in [4.69, 9.17) is 32.7 Å². The molecule has 0 aromatic heterocycles. The maximum atomic E-state index is 12.4. The summed E-state index contributed by atoms with van der Waals surface area (Å²) in [5.74, 6) is 0.599. The Hall–Kier alpha value is -1.01.